The first-order valence-corrected chi connectivity index (χ1v) is 5.53. The zero-order valence-electron chi connectivity index (χ0n) is 9.40. The van der Waals surface area contributed by atoms with Crippen LogP contribution in [0.4, 0.5) is 0 Å². The molecule has 1 heterocycles. The van der Waals surface area contributed by atoms with E-state index < -0.39 is 0 Å². The SMILES string of the molecule is CNC1COc2cc(OCCCO)ccc21. The van der Waals surface area contributed by atoms with Gasteiger partial charge in [-0.25, -0.2) is 0 Å². The molecule has 0 amide bonds. The molecule has 1 aliphatic rings. The average molecular weight is 223 g/mol. The third-order valence-corrected chi connectivity index (χ3v) is 2.69. The lowest BCUT2D eigenvalue weighted by atomic mass is 10.1. The molecule has 1 aliphatic heterocycles. The van der Waals surface area contributed by atoms with Crippen molar-refractivity contribution in [3.8, 4) is 11.5 Å². The maximum absolute atomic E-state index is 8.65. The molecule has 1 atom stereocenters. The molecule has 1 unspecified atom stereocenters. The molecule has 0 spiro atoms. The fourth-order valence-corrected chi connectivity index (χ4v) is 1.77. The first-order chi connectivity index (χ1) is 7.85. The molecule has 4 nitrogen and oxygen atoms in total. The Bertz CT molecular complexity index is 354. The lowest BCUT2D eigenvalue weighted by molar-refractivity contribution is 0.233. The van der Waals surface area contributed by atoms with Crippen LogP contribution in [0.15, 0.2) is 18.2 Å². The number of benzene rings is 1. The first-order valence-electron chi connectivity index (χ1n) is 5.53. The molecule has 4 heteroatoms. The lowest BCUT2D eigenvalue weighted by Crippen LogP contribution is -2.17. The van der Waals surface area contributed by atoms with Crippen LogP contribution in [-0.4, -0.2) is 32.0 Å². The van der Waals surface area contributed by atoms with E-state index in [1.807, 2.05) is 25.2 Å². The molecule has 16 heavy (non-hydrogen) atoms. The van der Waals surface area contributed by atoms with Crippen molar-refractivity contribution in [2.24, 2.45) is 0 Å². The number of aliphatic hydroxyl groups excluding tert-OH is 1. The number of likely N-dealkylation sites (N-methyl/N-ethyl adjacent to an activating group) is 1. The number of aliphatic hydroxyl groups is 1. The van der Waals surface area contributed by atoms with Crippen LogP contribution in [0.5, 0.6) is 11.5 Å². The van der Waals surface area contributed by atoms with Gasteiger partial charge in [-0.1, -0.05) is 0 Å². The zero-order chi connectivity index (χ0) is 11.4. The van der Waals surface area contributed by atoms with Crippen LogP contribution in [0.25, 0.3) is 0 Å². The highest BCUT2D eigenvalue weighted by atomic mass is 16.5. The van der Waals surface area contributed by atoms with E-state index in [2.05, 4.69) is 5.32 Å². The Morgan fingerprint density at radius 3 is 3.19 bits per heavy atom. The molecule has 0 saturated carbocycles. The van der Waals surface area contributed by atoms with E-state index in [-0.39, 0.29) is 12.6 Å². The maximum atomic E-state index is 8.65. The molecule has 1 aromatic carbocycles. The van der Waals surface area contributed by atoms with Gasteiger partial charge in [0.1, 0.15) is 18.1 Å². The second-order valence-corrected chi connectivity index (χ2v) is 3.78. The number of ether oxygens (including phenoxy) is 2. The summed E-state index contributed by atoms with van der Waals surface area (Å²) in [4.78, 5) is 0. The van der Waals surface area contributed by atoms with E-state index in [0.717, 1.165) is 11.5 Å². The van der Waals surface area contributed by atoms with Gasteiger partial charge in [0.25, 0.3) is 0 Å². The van der Waals surface area contributed by atoms with Crippen molar-refractivity contribution in [2.45, 2.75) is 12.5 Å². The second-order valence-electron chi connectivity index (χ2n) is 3.78. The van der Waals surface area contributed by atoms with Gasteiger partial charge >= 0.3 is 0 Å². The minimum absolute atomic E-state index is 0.156. The van der Waals surface area contributed by atoms with Crippen molar-refractivity contribution < 1.29 is 14.6 Å². The summed E-state index contributed by atoms with van der Waals surface area (Å²) in [6.45, 7) is 1.36. The minimum atomic E-state index is 0.156. The summed E-state index contributed by atoms with van der Waals surface area (Å²) in [5, 5.41) is 11.8. The molecular formula is C12H17NO3. The van der Waals surface area contributed by atoms with Gasteiger partial charge in [0.05, 0.1) is 12.6 Å². The van der Waals surface area contributed by atoms with Gasteiger partial charge in [-0.2, -0.15) is 0 Å². The smallest absolute Gasteiger partial charge is 0.127 e. The number of rotatable bonds is 5. The van der Waals surface area contributed by atoms with Crippen molar-refractivity contribution in [1.82, 2.24) is 5.32 Å². The average Bonchev–Trinajstić information content (AvgIpc) is 2.71. The van der Waals surface area contributed by atoms with Crippen molar-refractivity contribution in [1.29, 1.82) is 0 Å². The van der Waals surface area contributed by atoms with Gasteiger partial charge in [-0.05, 0) is 19.2 Å². The minimum Gasteiger partial charge on any atom is -0.493 e. The molecule has 88 valence electrons. The van der Waals surface area contributed by atoms with Crippen LogP contribution in [0, 0.1) is 0 Å². The monoisotopic (exact) mass is 223 g/mol. The van der Waals surface area contributed by atoms with Crippen LogP contribution < -0.4 is 14.8 Å². The highest BCUT2D eigenvalue weighted by molar-refractivity contribution is 5.44. The predicted molar refractivity (Wildman–Crippen MR) is 60.9 cm³/mol. The molecule has 2 rings (SSSR count). The fraction of sp³-hybridized carbons (Fsp3) is 0.500. The number of hydrogen-bond acceptors (Lipinski definition) is 4. The fourth-order valence-electron chi connectivity index (χ4n) is 1.77. The molecule has 0 saturated heterocycles. The van der Waals surface area contributed by atoms with Crippen molar-refractivity contribution in [3.63, 3.8) is 0 Å². The second kappa shape index (κ2) is 5.18. The first kappa shape index (κ1) is 11.2. The van der Waals surface area contributed by atoms with Gasteiger partial charge in [0.2, 0.25) is 0 Å². The summed E-state index contributed by atoms with van der Waals surface area (Å²) >= 11 is 0. The Balaban J connectivity index is 2.03. The Morgan fingerprint density at radius 1 is 1.56 bits per heavy atom. The molecule has 0 bridgehead atoms. The normalized spacial score (nSPS) is 18.0. The zero-order valence-corrected chi connectivity index (χ0v) is 9.40. The standard InChI is InChI=1S/C12H17NO3/c1-13-11-8-16-12-7-9(3-4-10(11)12)15-6-2-5-14/h3-4,7,11,13-14H,2,5-6,8H2,1H3. The quantitative estimate of drug-likeness (QED) is 0.734. The van der Waals surface area contributed by atoms with Gasteiger partial charge in [-0.15, -0.1) is 0 Å². The maximum Gasteiger partial charge on any atom is 0.127 e. The summed E-state index contributed by atoms with van der Waals surface area (Å²) < 4.78 is 11.0. The summed E-state index contributed by atoms with van der Waals surface area (Å²) in [6.07, 6.45) is 0.650. The summed E-state index contributed by atoms with van der Waals surface area (Å²) in [5.41, 5.74) is 1.18. The van der Waals surface area contributed by atoms with Crippen molar-refractivity contribution in [2.75, 3.05) is 26.9 Å². The van der Waals surface area contributed by atoms with Crippen molar-refractivity contribution >= 4 is 0 Å². The Labute approximate surface area is 95.2 Å². The topological polar surface area (TPSA) is 50.7 Å². The van der Waals surface area contributed by atoms with Crippen LogP contribution >= 0.6 is 0 Å². The van der Waals surface area contributed by atoms with Gasteiger partial charge in [-0.3, -0.25) is 0 Å². The third kappa shape index (κ3) is 2.28. The van der Waals surface area contributed by atoms with Crippen LogP contribution in [0.1, 0.15) is 18.0 Å². The van der Waals surface area contributed by atoms with E-state index >= 15 is 0 Å². The number of nitrogens with one attached hydrogen (secondary N) is 1. The third-order valence-electron chi connectivity index (χ3n) is 2.69. The number of hydrogen-bond donors (Lipinski definition) is 2. The van der Waals surface area contributed by atoms with E-state index in [1.165, 1.54) is 5.56 Å². The summed E-state index contributed by atoms with van der Waals surface area (Å²) in [5.74, 6) is 1.69. The number of fused-ring (bicyclic) bond motifs is 1. The summed E-state index contributed by atoms with van der Waals surface area (Å²) in [7, 11) is 1.93. The molecule has 0 aromatic heterocycles. The molecule has 0 radical (unpaired) electrons. The highest BCUT2D eigenvalue weighted by Gasteiger charge is 2.22. The lowest BCUT2D eigenvalue weighted by Gasteiger charge is -2.08. The molecule has 0 fully saturated rings. The van der Waals surface area contributed by atoms with Crippen LogP contribution in [0.3, 0.4) is 0 Å². The Kier molecular flexibility index (Phi) is 3.64. The van der Waals surface area contributed by atoms with Crippen LogP contribution in [0.2, 0.25) is 0 Å². The van der Waals surface area contributed by atoms with Crippen molar-refractivity contribution in [3.05, 3.63) is 23.8 Å². The van der Waals surface area contributed by atoms with Gasteiger partial charge < -0.3 is 19.9 Å². The Hall–Kier alpha value is -1.26. The predicted octanol–water partition coefficient (Wildman–Crippen LogP) is 1.10. The highest BCUT2D eigenvalue weighted by Crippen LogP contribution is 2.34. The van der Waals surface area contributed by atoms with E-state index in [0.29, 0.717) is 19.6 Å². The molecular weight excluding hydrogens is 206 g/mol. The van der Waals surface area contributed by atoms with Gasteiger partial charge in [0.15, 0.2) is 0 Å². The molecule has 1 aromatic rings. The molecule has 2 N–H and O–H groups in total. The van der Waals surface area contributed by atoms with Gasteiger partial charge in [0, 0.05) is 24.7 Å². The summed E-state index contributed by atoms with van der Waals surface area (Å²) in [6, 6.07) is 6.15. The Morgan fingerprint density at radius 2 is 2.44 bits per heavy atom. The van der Waals surface area contributed by atoms with E-state index in [9.17, 15) is 0 Å². The van der Waals surface area contributed by atoms with E-state index in [4.69, 9.17) is 14.6 Å². The van der Waals surface area contributed by atoms with Crippen LogP contribution in [-0.2, 0) is 0 Å². The van der Waals surface area contributed by atoms with E-state index in [1.54, 1.807) is 0 Å². The largest absolute Gasteiger partial charge is 0.493 e. The molecule has 0 aliphatic carbocycles.